The van der Waals surface area contributed by atoms with E-state index in [1.807, 2.05) is 6.92 Å². The number of nitrogens with one attached hydrogen (secondary N) is 1. The highest BCUT2D eigenvalue weighted by Gasteiger charge is 2.17. The maximum atomic E-state index is 14.1. The van der Waals surface area contributed by atoms with Gasteiger partial charge in [0.15, 0.2) is 22.5 Å². The van der Waals surface area contributed by atoms with Crippen molar-refractivity contribution in [2.45, 2.75) is 18.6 Å². The summed E-state index contributed by atoms with van der Waals surface area (Å²) in [7, 11) is 0. The number of hydrogen-bond acceptors (Lipinski definition) is 6. The Balaban J connectivity index is 1.43. The molecule has 29 heavy (non-hydrogen) atoms. The zero-order chi connectivity index (χ0) is 20.2. The van der Waals surface area contributed by atoms with Gasteiger partial charge in [-0.15, -0.1) is 10.2 Å². The SMILES string of the molecule is CCn1c(SCC(=O)Nc2ccc3c(c2)OCCO3)nnc1-c1ccccc1F. The minimum atomic E-state index is -0.359. The molecule has 1 amide bonds. The van der Waals surface area contributed by atoms with Crippen molar-refractivity contribution < 1.29 is 18.7 Å². The third kappa shape index (κ3) is 4.19. The standard InChI is InChI=1S/C20H19FN4O3S/c1-2-25-19(14-5-3-4-6-15(14)21)23-24-20(25)29-12-18(26)22-13-7-8-16-17(11-13)28-10-9-27-16/h3-8,11H,2,9-10,12H2,1H3,(H,22,26). The lowest BCUT2D eigenvalue weighted by Crippen LogP contribution is -2.17. The molecule has 3 aromatic rings. The van der Waals surface area contributed by atoms with Crippen LogP contribution < -0.4 is 14.8 Å². The quantitative estimate of drug-likeness (QED) is 0.621. The van der Waals surface area contributed by atoms with Crippen molar-refractivity contribution in [2.75, 3.05) is 24.3 Å². The molecular formula is C20H19FN4O3S. The summed E-state index contributed by atoms with van der Waals surface area (Å²) in [5, 5.41) is 11.6. The molecule has 4 rings (SSSR count). The number of anilines is 1. The van der Waals surface area contributed by atoms with Gasteiger partial charge >= 0.3 is 0 Å². The molecule has 1 aromatic heterocycles. The zero-order valence-corrected chi connectivity index (χ0v) is 16.5. The van der Waals surface area contributed by atoms with E-state index >= 15 is 0 Å². The lowest BCUT2D eigenvalue weighted by Gasteiger charge is -2.19. The lowest BCUT2D eigenvalue weighted by molar-refractivity contribution is -0.113. The highest BCUT2D eigenvalue weighted by molar-refractivity contribution is 7.99. The van der Waals surface area contributed by atoms with Crippen molar-refractivity contribution in [1.82, 2.24) is 14.8 Å². The van der Waals surface area contributed by atoms with E-state index in [9.17, 15) is 9.18 Å². The fourth-order valence-corrected chi connectivity index (χ4v) is 3.77. The van der Waals surface area contributed by atoms with Crippen molar-refractivity contribution in [3.05, 3.63) is 48.3 Å². The van der Waals surface area contributed by atoms with Crippen LogP contribution in [0.5, 0.6) is 11.5 Å². The second kappa shape index (κ2) is 8.52. The first-order chi connectivity index (χ1) is 14.2. The summed E-state index contributed by atoms with van der Waals surface area (Å²) in [6.07, 6.45) is 0. The van der Waals surface area contributed by atoms with Crippen LogP contribution in [-0.2, 0) is 11.3 Å². The van der Waals surface area contributed by atoms with E-state index in [1.54, 1.807) is 41.0 Å². The molecule has 0 saturated heterocycles. The number of aromatic nitrogens is 3. The Kier molecular flexibility index (Phi) is 5.66. The van der Waals surface area contributed by atoms with Gasteiger partial charge in [0.2, 0.25) is 5.91 Å². The largest absolute Gasteiger partial charge is 0.486 e. The number of nitrogens with zero attached hydrogens (tertiary/aromatic N) is 3. The van der Waals surface area contributed by atoms with Gasteiger partial charge < -0.3 is 19.4 Å². The van der Waals surface area contributed by atoms with Crippen LogP contribution in [0.3, 0.4) is 0 Å². The number of hydrogen-bond donors (Lipinski definition) is 1. The van der Waals surface area contributed by atoms with Crippen LogP contribution in [-0.4, -0.2) is 39.6 Å². The van der Waals surface area contributed by atoms with E-state index in [4.69, 9.17) is 9.47 Å². The van der Waals surface area contributed by atoms with Crippen LogP contribution in [0.4, 0.5) is 10.1 Å². The molecule has 0 radical (unpaired) electrons. The Morgan fingerprint density at radius 1 is 1.17 bits per heavy atom. The molecule has 0 atom stereocenters. The number of halogens is 1. The fourth-order valence-electron chi connectivity index (χ4n) is 2.97. The molecule has 2 heterocycles. The first-order valence-electron chi connectivity index (χ1n) is 9.16. The van der Waals surface area contributed by atoms with Gasteiger partial charge in [-0.3, -0.25) is 4.79 Å². The van der Waals surface area contributed by atoms with Crippen LogP contribution in [0.25, 0.3) is 11.4 Å². The fraction of sp³-hybridized carbons (Fsp3) is 0.250. The minimum absolute atomic E-state index is 0.143. The summed E-state index contributed by atoms with van der Waals surface area (Å²) >= 11 is 1.25. The molecule has 1 aliphatic heterocycles. The number of amides is 1. The van der Waals surface area contributed by atoms with Crippen molar-refractivity contribution in [2.24, 2.45) is 0 Å². The lowest BCUT2D eigenvalue weighted by atomic mass is 10.2. The summed E-state index contributed by atoms with van der Waals surface area (Å²) in [6.45, 7) is 3.48. The van der Waals surface area contributed by atoms with Crippen molar-refractivity contribution in [1.29, 1.82) is 0 Å². The molecule has 2 aromatic carbocycles. The molecule has 0 aliphatic carbocycles. The number of benzene rings is 2. The highest BCUT2D eigenvalue weighted by Crippen LogP contribution is 2.32. The Morgan fingerprint density at radius 2 is 1.97 bits per heavy atom. The highest BCUT2D eigenvalue weighted by atomic mass is 32.2. The molecule has 0 saturated carbocycles. The number of ether oxygens (including phenoxy) is 2. The summed E-state index contributed by atoms with van der Waals surface area (Å²) < 4.78 is 26.9. The first-order valence-corrected chi connectivity index (χ1v) is 10.1. The predicted molar refractivity (Wildman–Crippen MR) is 108 cm³/mol. The van der Waals surface area contributed by atoms with E-state index in [0.717, 1.165) is 0 Å². The summed E-state index contributed by atoms with van der Waals surface area (Å²) in [5.41, 5.74) is 1.01. The van der Waals surface area contributed by atoms with Crippen molar-refractivity contribution in [3.8, 4) is 22.9 Å². The maximum absolute atomic E-state index is 14.1. The number of carbonyl (C=O) groups is 1. The zero-order valence-electron chi connectivity index (χ0n) is 15.7. The minimum Gasteiger partial charge on any atom is -0.486 e. The summed E-state index contributed by atoms with van der Waals surface area (Å²) in [5.74, 6) is 1.32. The average Bonchev–Trinajstić information content (AvgIpc) is 3.15. The summed E-state index contributed by atoms with van der Waals surface area (Å²) in [4.78, 5) is 12.4. The molecule has 1 N–H and O–H groups in total. The molecule has 1 aliphatic rings. The third-order valence-electron chi connectivity index (χ3n) is 4.31. The monoisotopic (exact) mass is 414 g/mol. The number of thioether (sulfide) groups is 1. The molecule has 9 heteroatoms. The van der Waals surface area contributed by atoms with E-state index in [2.05, 4.69) is 15.5 Å². The van der Waals surface area contributed by atoms with Gasteiger partial charge in [-0.05, 0) is 31.2 Å². The third-order valence-corrected chi connectivity index (χ3v) is 5.27. The van der Waals surface area contributed by atoms with Crippen LogP contribution in [0.2, 0.25) is 0 Å². The molecular weight excluding hydrogens is 395 g/mol. The molecule has 7 nitrogen and oxygen atoms in total. The number of fused-ring (bicyclic) bond motifs is 1. The first kappa shape index (κ1) is 19.3. The van der Waals surface area contributed by atoms with Crippen molar-refractivity contribution in [3.63, 3.8) is 0 Å². The Labute approximate surface area is 171 Å². The Hall–Kier alpha value is -3.07. The maximum Gasteiger partial charge on any atom is 0.234 e. The molecule has 150 valence electrons. The second-order valence-electron chi connectivity index (χ2n) is 6.23. The Bertz CT molecular complexity index is 1040. The van der Waals surface area contributed by atoms with Gasteiger partial charge in [0.05, 0.1) is 11.3 Å². The smallest absolute Gasteiger partial charge is 0.234 e. The van der Waals surface area contributed by atoms with Gasteiger partial charge in [-0.25, -0.2) is 4.39 Å². The van der Waals surface area contributed by atoms with Crippen LogP contribution in [0, 0.1) is 5.82 Å². The van der Waals surface area contributed by atoms with Gasteiger partial charge in [0, 0.05) is 18.3 Å². The average molecular weight is 414 g/mol. The van der Waals surface area contributed by atoms with E-state index in [1.165, 1.54) is 17.8 Å². The molecule has 0 spiro atoms. The van der Waals surface area contributed by atoms with Crippen LogP contribution in [0.1, 0.15) is 6.92 Å². The predicted octanol–water partition coefficient (Wildman–Crippen LogP) is 3.61. The summed E-state index contributed by atoms with van der Waals surface area (Å²) in [6, 6.07) is 11.7. The van der Waals surface area contributed by atoms with Crippen LogP contribution >= 0.6 is 11.8 Å². The van der Waals surface area contributed by atoms with E-state index in [0.29, 0.717) is 53.5 Å². The number of carbonyl (C=O) groups excluding carboxylic acids is 1. The topological polar surface area (TPSA) is 78.3 Å². The van der Waals surface area contributed by atoms with Gasteiger partial charge in [0.25, 0.3) is 0 Å². The van der Waals surface area contributed by atoms with Crippen molar-refractivity contribution >= 4 is 23.4 Å². The molecule has 0 bridgehead atoms. The normalized spacial score (nSPS) is 12.6. The van der Waals surface area contributed by atoms with E-state index < -0.39 is 0 Å². The van der Waals surface area contributed by atoms with Gasteiger partial charge in [-0.1, -0.05) is 23.9 Å². The second-order valence-corrected chi connectivity index (χ2v) is 7.17. The van der Waals surface area contributed by atoms with Crippen LogP contribution in [0.15, 0.2) is 47.6 Å². The molecule has 0 unspecified atom stereocenters. The van der Waals surface area contributed by atoms with E-state index in [-0.39, 0.29) is 17.5 Å². The number of rotatable bonds is 6. The van der Waals surface area contributed by atoms with Gasteiger partial charge in [0.1, 0.15) is 19.0 Å². The Morgan fingerprint density at radius 3 is 2.76 bits per heavy atom. The molecule has 0 fully saturated rings. The van der Waals surface area contributed by atoms with Gasteiger partial charge in [-0.2, -0.15) is 0 Å².